The van der Waals surface area contributed by atoms with E-state index in [1.54, 1.807) is 36.6 Å². The van der Waals surface area contributed by atoms with E-state index < -0.39 is 10.0 Å². The molecule has 31 heavy (non-hydrogen) atoms. The molecule has 0 aliphatic rings. The number of hydrogen-bond acceptors (Lipinski definition) is 6. The van der Waals surface area contributed by atoms with Crippen LogP contribution in [0.3, 0.4) is 0 Å². The number of hydrogen-bond donors (Lipinski definition) is 2. The maximum atomic E-state index is 12.4. The molecule has 0 radical (unpaired) electrons. The maximum Gasteiger partial charge on any atom is 0.244 e. The lowest BCUT2D eigenvalue weighted by Gasteiger charge is -2.22. The molecular weight excluding hydrogens is 418 g/mol. The van der Waals surface area contributed by atoms with Gasteiger partial charge in [0.2, 0.25) is 15.9 Å². The van der Waals surface area contributed by atoms with E-state index in [9.17, 15) is 13.2 Å². The molecule has 1 unspecified atom stereocenters. The molecular formula is C22H25N3O5S. The van der Waals surface area contributed by atoms with Crippen molar-refractivity contribution in [2.45, 2.75) is 17.5 Å². The largest absolute Gasteiger partial charge is 0.468 e. The molecule has 3 aromatic rings. The molecule has 2 N–H and O–H groups in total. The first-order chi connectivity index (χ1) is 14.8. The van der Waals surface area contributed by atoms with E-state index in [1.807, 2.05) is 31.1 Å². The fourth-order valence-electron chi connectivity index (χ4n) is 2.87. The lowest BCUT2D eigenvalue weighted by molar-refractivity contribution is -0.116. The number of carbonyl (C=O) groups excluding carboxylic acids is 1. The molecule has 1 atom stereocenters. The number of rotatable bonds is 10. The van der Waals surface area contributed by atoms with Crippen LogP contribution < -0.4 is 10.0 Å². The van der Waals surface area contributed by atoms with Gasteiger partial charge in [0.25, 0.3) is 0 Å². The van der Waals surface area contributed by atoms with Gasteiger partial charge in [0.1, 0.15) is 11.5 Å². The summed E-state index contributed by atoms with van der Waals surface area (Å²) in [7, 11) is 0.163. The molecule has 3 rings (SSSR count). The topological polar surface area (TPSA) is 105 Å². The lowest BCUT2D eigenvalue weighted by atomic mass is 10.2. The SMILES string of the molecule is CN(C)C(CNC(=O)/C=C/c1ccc(S(=O)(=O)NCc2ccco2)cc1)c1ccco1. The Morgan fingerprint density at radius 2 is 1.77 bits per heavy atom. The predicted octanol–water partition coefficient (Wildman–Crippen LogP) is 2.78. The Morgan fingerprint density at radius 3 is 2.39 bits per heavy atom. The van der Waals surface area contributed by atoms with Crippen molar-refractivity contribution >= 4 is 22.0 Å². The van der Waals surface area contributed by atoms with Crippen LogP contribution in [0, 0.1) is 0 Å². The summed E-state index contributed by atoms with van der Waals surface area (Å²) in [5.74, 6) is 1.04. The zero-order valence-electron chi connectivity index (χ0n) is 17.3. The Morgan fingerprint density at radius 1 is 1.06 bits per heavy atom. The van der Waals surface area contributed by atoms with Crippen molar-refractivity contribution in [2.75, 3.05) is 20.6 Å². The van der Waals surface area contributed by atoms with Crippen LogP contribution in [0.1, 0.15) is 23.1 Å². The maximum absolute atomic E-state index is 12.4. The van der Waals surface area contributed by atoms with Crippen molar-refractivity contribution in [1.29, 1.82) is 0 Å². The van der Waals surface area contributed by atoms with Gasteiger partial charge in [0, 0.05) is 12.6 Å². The average molecular weight is 444 g/mol. The van der Waals surface area contributed by atoms with E-state index in [1.165, 1.54) is 24.5 Å². The first-order valence-corrected chi connectivity index (χ1v) is 11.1. The van der Waals surface area contributed by atoms with E-state index in [-0.39, 0.29) is 23.4 Å². The normalized spacial score (nSPS) is 13.0. The molecule has 1 aromatic carbocycles. The second-order valence-electron chi connectivity index (χ2n) is 7.05. The summed E-state index contributed by atoms with van der Waals surface area (Å²) in [6.07, 6.45) is 6.12. The van der Waals surface area contributed by atoms with Gasteiger partial charge in [0.05, 0.1) is 30.0 Å². The van der Waals surface area contributed by atoms with Gasteiger partial charge in [-0.15, -0.1) is 0 Å². The van der Waals surface area contributed by atoms with Crippen LogP contribution in [0.2, 0.25) is 0 Å². The quantitative estimate of drug-likeness (QED) is 0.467. The molecule has 0 fully saturated rings. The number of nitrogens with zero attached hydrogens (tertiary/aromatic N) is 1. The molecule has 0 aliphatic heterocycles. The highest BCUT2D eigenvalue weighted by atomic mass is 32.2. The van der Waals surface area contributed by atoms with Gasteiger partial charge in [-0.2, -0.15) is 0 Å². The van der Waals surface area contributed by atoms with Gasteiger partial charge < -0.3 is 14.2 Å². The first-order valence-electron chi connectivity index (χ1n) is 9.63. The molecule has 164 valence electrons. The third kappa shape index (κ3) is 6.42. The highest BCUT2D eigenvalue weighted by Crippen LogP contribution is 2.17. The molecule has 0 bridgehead atoms. The van der Waals surface area contributed by atoms with Crippen LogP contribution in [0.5, 0.6) is 0 Å². The minimum absolute atomic E-state index is 0.0725. The second-order valence-corrected chi connectivity index (χ2v) is 8.81. The molecule has 2 heterocycles. The molecule has 2 aromatic heterocycles. The van der Waals surface area contributed by atoms with Crippen LogP contribution in [0.15, 0.2) is 80.9 Å². The zero-order valence-corrected chi connectivity index (χ0v) is 18.1. The zero-order chi connectivity index (χ0) is 22.3. The fraction of sp³-hybridized carbons (Fsp3) is 0.227. The molecule has 0 aliphatic carbocycles. The third-order valence-corrected chi connectivity index (χ3v) is 6.02. The predicted molar refractivity (Wildman–Crippen MR) is 116 cm³/mol. The second kappa shape index (κ2) is 10.3. The minimum atomic E-state index is -3.66. The van der Waals surface area contributed by atoms with Gasteiger partial charge >= 0.3 is 0 Å². The molecule has 0 saturated heterocycles. The van der Waals surface area contributed by atoms with Crippen LogP contribution in [-0.4, -0.2) is 39.9 Å². The Bertz CT molecular complexity index is 1090. The van der Waals surface area contributed by atoms with Gasteiger partial charge in [-0.05, 0) is 62.1 Å². The van der Waals surface area contributed by atoms with Crippen LogP contribution in [-0.2, 0) is 21.4 Å². The molecule has 0 spiro atoms. The van der Waals surface area contributed by atoms with Crippen molar-refractivity contribution in [3.8, 4) is 0 Å². The molecule has 0 saturated carbocycles. The lowest BCUT2D eigenvalue weighted by Crippen LogP contribution is -2.33. The van der Waals surface area contributed by atoms with E-state index in [0.29, 0.717) is 17.9 Å². The summed E-state index contributed by atoms with van der Waals surface area (Å²) in [4.78, 5) is 14.3. The number of amides is 1. The number of nitrogens with one attached hydrogen (secondary N) is 2. The van der Waals surface area contributed by atoms with Crippen molar-refractivity contribution in [1.82, 2.24) is 14.9 Å². The van der Waals surface area contributed by atoms with Gasteiger partial charge in [-0.25, -0.2) is 13.1 Å². The standard InChI is InChI=1S/C22H25N3O5S/c1-25(2)20(21-6-4-14-30-21)16-23-22(26)12-9-17-7-10-19(11-8-17)31(27,28)24-15-18-5-3-13-29-18/h3-14,20,24H,15-16H2,1-2H3,(H,23,26)/b12-9+. The summed E-state index contributed by atoms with van der Waals surface area (Å²) in [6.45, 7) is 0.464. The molecule has 9 heteroatoms. The van der Waals surface area contributed by atoms with Crippen LogP contribution >= 0.6 is 0 Å². The summed E-state index contributed by atoms with van der Waals surface area (Å²) in [5, 5.41) is 2.85. The van der Waals surface area contributed by atoms with E-state index in [4.69, 9.17) is 8.83 Å². The monoisotopic (exact) mass is 443 g/mol. The highest BCUT2D eigenvalue weighted by Gasteiger charge is 2.17. The summed E-state index contributed by atoms with van der Waals surface area (Å²) in [6, 6.07) is 13.2. The van der Waals surface area contributed by atoms with Gasteiger partial charge in [-0.3, -0.25) is 9.69 Å². The van der Waals surface area contributed by atoms with Gasteiger partial charge in [0.15, 0.2) is 0 Å². The number of furan rings is 2. The summed E-state index contributed by atoms with van der Waals surface area (Å²) >= 11 is 0. The van der Waals surface area contributed by atoms with E-state index >= 15 is 0 Å². The van der Waals surface area contributed by atoms with E-state index in [0.717, 1.165) is 5.76 Å². The summed E-state index contributed by atoms with van der Waals surface area (Å²) < 4.78 is 37.7. The fourth-order valence-corrected chi connectivity index (χ4v) is 3.86. The minimum Gasteiger partial charge on any atom is -0.468 e. The average Bonchev–Trinajstić information content (AvgIpc) is 3.45. The summed E-state index contributed by atoms with van der Waals surface area (Å²) in [5.41, 5.74) is 0.704. The van der Waals surface area contributed by atoms with Gasteiger partial charge in [-0.1, -0.05) is 12.1 Å². The Labute approximate surface area is 181 Å². The van der Waals surface area contributed by atoms with Crippen molar-refractivity contribution in [3.05, 3.63) is 84.2 Å². The van der Waals surface area contributed by atoms with Crippen molar-refractivity contribution in [3.63, 3.8) is 0 Å². The Hall–Kier alpha value is -3.14. The number of carbonyl (C=O) groups is 1. The first kappa shape index (κ1) is 22.5. The molecule has 1 amide bonds. The van der Waals surface area contributed by atoms with Crippen LogP contribution in [0.25, 0.3) is 6.08 Å². The number of benzene rings is 1. The van der Waals surface area contributed by atoms with Crippen LogP contribution in [0.4, 0.5) is 0 Å². The van der Waals surface area contributed by atoms with E-state index in [2.05, 4.69) is 10.0 Å². The smallest absolute Gasteiger partial charge is 0.244 e. The Kier molecular flexibility index (Phi) is 7.45. The van der Waals surface area contributed by atoms with Crippen molar-refractivity contribution < 1.29 is 22.0 Å². The highest BCUT2D eigenvalue weighted by molar-refractivity contribution is 7.89. The number of likely N-dealkylation sites (N-methyl/N-ethyl adjacent to an activating group) is 1. The Balaban J connectivity index is 1.54. The molecule has 8 nitrogen and oxygen atoms in total. The number of sulfonamides is 1. The van der Waals surface area contributed by atoms with Crippen molar-refractivity contribution in [2.24, 2.45) is 0 Å². The third-order valence-electron chi connectivity index (χ3n) is 4.60.